The molecule has 0 aliphatic heterocycles. The monoisotopic (exact) mass is 413 g/mol. The maximum Gasteiger partial charge on any atom is 0.261 e. The molecule has 8 heteroatoms. The maximum atomic E-state index is 12.4. The summed E-state index contributed by atoms with van der Waals surface area (Å²) in [6.07, 6.45) is 3.22. The van der Waals surface area contributed by atoms with E-state index in [1.165, 1.54) is 11.8 Å². The van der Waals surface area contributed by atoms with Gasteiger partial charge in [-0.05, 0) is 55.5 Å². The molecule has 0 spiro atoms. The normalized spacial score (nSPS) is 11.0. The van der Waals surface area contributed by atoms with E-state index in [-0.39, 0.29) is 16.6 Å². The zero-order chi connectivity index (χ0) is 20.0. The summed E-state index contributed by atoms with van der Waals surface area (Å²) in [6, 6.07) is 17.0. The van der Waals surface area contributed by atoms with E-state index >= 15 is 0 Å². The van der Waals surface area contributed by atoms with Crippen molar-refractivity contribution in [1.82, 2.24) is 4.98 Å². The van der Waals surface area contributed by atoms with Gasteiger partial charge in [0.2, 0.25) is 5.91 Å². The fourth-order valence-corrected chi connectivity index (χ4v) is 4.09. The van der Waals surface area contributed by atoms with Crippen molar-refractivity contribution in [2.75, 3.05) is 15.8 Å². The van der Waals surface area contributed by atoms with Gasteiger partial charge in [0.15, 0.2) is 0 Å². The van der Waals surface area contributed by atoms with Crippen LogP contribution in [0, 0.1) is 6.92 Å². The van der Waals surface area contributed by atoms with Gasteiger partial charge < -0.3 is 5.32 Å². The van der Waals surface area contributed by atoms with Crippen molar-refractivity contribution in [2.45, 2.75) is 16.7 Å². The summed E-state index contributed by atoms with van der Waals surface area (Å²) in [5, 5.41) is 2.79. The van der Waals surface area contributed by atoms with Crippen molar-refractivity contribution in [3.63, 3.8) is 0 Å². The van der Waals surface area contributed by atoms with Crippen LogP contribution >= 0.6 is 11.8 Å². The molecule has 6 nitrogen and oxygen atoms in total. The average molecular weight is 414 g/mol. The van der Waals surface area contributed by atoms with Crippen molar-refractivity contribution >= 4 is 39.1 Å². The number of nitrogens with zero attached hydrogens (tertiary/aromatic N) is 1. The minimum Gasteiger partial charge on any atom is -0.325 e. The predicted octanol–water partition coefficient (Wildman–Crippen LogP) is 3.92. The molecule has 0 radical (unpaired) electrons. The number of hydrogen-bond donors (Lipinski definition) is 2. The molecule has 0 aliphatic carbocycles. The summed E-state index contributed by atoms with van der Waals surface area (Å²) in [7, 11) is -3.63. The molecular formula is C20H19N3O3S2. The zero-order valence-corrected chi connectivity index (χ0v) is 16.8. The van der Waals surface area contributed by atoms with Crippen LogP contribution in [0.4, 0.5) is 11.4 Å². The van der Waals surface area contributed by atoms with Crippen LogP contribution in [0.25, 0.3) is 0 Å². The smallest absolute Gasteiger partial charge is 0.261 e. The van der Waals surface area contributed by atoms with Gasteiger partial charge in [-0.25, -0.2) is 8.42 Å². The number of carbonyl (C=O) groups excluding carboxylic acids is 1. The Kier molecular flexibility index (Phi) is 6.33. The zero-order valence-electron chi connectivity index (χ0n) is 15.1. The van der Waals surface area contributed by atoms with Gasteiger partial charge in [-0.1, -0.05) is 17.7 Å². The van der Waals surface area contributed by atoms with Gasteiger partial charge in [0.25, 0.3) is 10.0 Å². The van der Waals surface area contributed by atoms with Crippen LogP contribution in [0.2, 0.25) is 0 Å². The van der Waals surface area contributed by atoms with Crippen LogP contribution in [0.15, 0.2) is 82.8 Å². The quantitative estimate of drug-likeness (QED) is 0.573. The molecule has 2 aromatic carbocycles. The third-order valence-corrected chi connectivity index (χ3v) is 6.18. The number of pyridine rings is 1. The molecule has 3 aromatic rings. The van der Waals surface area contributed by atoms with E-state index in [0.717, 1.165) is 10.5 Å². The van der Waals surface area contributed by atoms with Crippen LogP contribution in [-0.2, 0) is 14.8 Å². The van der Waals surface area contributed by atoms with Crippen LogP contribution in [-0.4, -0.2) is 25.1 Å². The molecule has 0 saturated carbocycles. The number of aromatic nitrogens is 1. The number of sulfonamides is 1. The molecule has 0 saturated heterocycles. The highest BCUT2D eigenvalue weighted by molar-refractivity contribution is 8.00. The summed E-state index contributed by atoms with van der Waals surface area (Å²) >= 11 is 1.37. The third kappa shape index (κ3) is 5.58. The van der Waals surface area contributed by atoms with Crippen LogP contribution in [0.1, 0.15) is 5.56 Å². The summed E-state index contributed by atoms with van der Waals surface area (Å²) in [5.74, 6) is 0.122. The molecule has 0 atom stereocenters. The van der Waals surface area contributed by atoms with Crippen molar-refractivity contribution in [3.05, 3.63) is 78.6 Å². The Morgan fingerprint density at radius 3 is 2.21 bits per heavy atom. The highest BCUT2D eigenvalue weighted by Crippen LogP contribution is 2.22. The van der Waals surface area contributed by atoms with Crippen molar-refractivity contribution in [2.24, 2.45) is 0 Å². The molecule has 1 heterocycles. The first-order valence-corrected chi connectivity index (χ1v) is 10.9. The number of thioether (sulfide) groups is 1. The van der Waals surface area contributed by atoms with Crippen LogP contribution in [0.5, 0.6) is 0 Å². The predicted molar refractivity (Wildman–Crippen MR) is 112 cm³/mol. The Balaban J connectivity index is 1.56. The molecule has 144 valence electrons. The van der Waals surface area contributed by atoms with Gasteiger partial charge in [-0.3, -0.25) is 14.5 Å². The highest BCUT2D eigenvalue weighted by Gasteiger charge is 2.13. The van der Waals surface area contributed by atoms with Crippen LogP contribution < -0.4 is 10.0 Å². The van der Waals surface area contributed by atoms with E-state index in [1.54, 1.807) is 73.1 Å². The average Bonchev–Trinajstić information content (AvgIpc) is 2.68. The standard InChI is InChI=1S/C20H19N3O3S2/c1-15-2-8-19(9-3-15)28(25,26)23-17-4-6-18(7-5-17)27-14-20(24)22-16-10-12-21-13-11-16/h2-13,23H,14H2,1H3,(H,21,22,24). The number of aryl methyl sites for hydroxylation is 1. The number of benzene rings is 2. The molecule has 0 fully saturated rings. The molecule has 1 aromatic heterocycles. The molecule has 2 N–H and O–H groups in total. The molecule has 3 rings (SSSR count). The topological polar surface area (TPSA) is 88.2 Å². The molecule has 0 aliphatic rings. The highest BCUT2D eigenvalue weighted by atomic mass is 32.2. The summed E-state index contributed by atoms with van der Waals surface area (Å²) in [6.45, 7) is 1.90. The Hall–Kier alpha value is -2.84. The fraction of sp³-hybridized carbons (Fsp3) is 0.100. The summed E-state index contributed by atoms with van der Waals surface area (Å²) in [5.41, 5.74) is 2.15. The fourth-order valence-electron chi connectivity index (χ4n) is 2.33. The SMILES string of the molecule is Cc1ccc(S(=O)(=O)Nc2ccc(SCC(=O)Nc3ccncc3)cc2)cc1. The minimum atomic E-state index is -3.63. The van der Waals surface area contributed by atoms with E-state index < -0.39 is 10.0 Å². The lowest BCUT2D eigenvalue weighted by molar-refractivity contribution is -0.113. The second kappa shape index (κ2) is 8.90. The van der Waals surface area contributed by atoms with Crippen molar-refractivity contribution in [1.29, 1.82) is 0 Å². The molecule has 0 bridgehead atoms. The number of hydrogen-bond acceptors (Lipinski definition) is 5. The Morgan fingerprint density at radius 1 is 0.929 bits per heavy atom. The van der Waals surface area contributed by atoms with E-state index in [0.29, 0.717) is 11.4 Å². The Morgan fingerprint density at radius 2 is 1.57 bits per heavy atom. The van der Waals surface area contributed by atoms with Crippen LogP contribution in [0.3, 0.4) is 0 Å². The number of amides is 1. The Labute approximate surface area is 168 Å². The van der Waals surface area contributed by atoms with Gasteiger partial charge in [0, 0.05) is 28.7 Å². The number of rotatable bonds is 7. The second-order valence-electron chi connectivity index (χ2n) is 6.02. The molecule has 28 heavy (non-hydrogen) atoms. The number of nitrogens with one attached hydrogen (secondary N) is 2. The summed E-state index contributed by atoms with van der Waals surface area (Å²) < 4.78 is 27.4. The Bertz CT molecular complexity index is 1040. The lowest BCUT2D eigenvalue weighted by atomic mass is 10.2. The third-order valence-electron chi connectivity index (χ3n) is 3.77. The van der Waals surface area contributed by atoms with Gasteiger partial charge >= 0.3 is 0 Å². The second-order valence-corrected chi connectivity index (χ2v) is 8.75. The number of anilines is 2. The molecule has 1 amide bonds. The lowest BCUT2D eigenvalue weighted by Crippen LogP contribution is -2.14. The molecular weight excluding hydrogens is 394 g/mol. The van der Waals surface area contributed by atoms with E-state index in [2.05, 4.69) is 15.0 Å². The maximum absolute atomic E-state index is 12.4. The summed E-state index contributed by atoms with van der Waals surface area (Å²) in [4.78, 5) is 17.0. The van der Waals surface area contributed by atoms with Gasteiger partial charge in [0.05, 0.1) is 10.6 Å². The number of carbonyl (C=O) groups is 1. The molecule has 0 unspecified atom stereocenters. The minimum absolute atomic E-state index is 0.125. The first kappa shape index (κ1) is 19.9. The van der Waals surface area contributed by atoms with E-state index in [1.807, 2.05) is 6.92 Å². The van der Waals surface area contributed by atoms with Crippen molar-refractivity contribution in [3.8, 4) is 0 Å². The van der Waals surface area contributed by atoms with Gasteiger partial charge in [0.1, 0.15) is 0 Å². The van der Waals surface area contributed by atoms with Crippen molar-refractivity contribution < 1.29 is 13.2 Å². The first-order valence-electron chi connectivity index (χ1n) is 8.45. The lowest BCUT2D eigenvalue weighted by Gasteiger charge is -2.09. The largest absolute Gasteiger partial charge is 0.325 e. The van der Waals surface area contributed by atoms with E-state index in [9.17, 15) is 13.2 Å². The van der Waals surface area contributed by atoms with E-state index in [4.69, 9.17) is 0 Å². The van der Waals surface area contributed by atoms with Gasteiger partial charge in [-0.2, -0.15) is 0 Å². The van der Waals surface area contributed by atoms with Gasteiger partial charge in [-0.15, -0.1) is 11.8 Å². The first-order chi connectivity index (χ1) is 13.4.